The van der Waals surface area contributed by atoms with Gasteiger partial charge in [-0.2, -0.15) is 5.01 Å². The van der Waals surface area contributed by atoms with E-state index in [0.29, 0.717) is 0 Å². The van der Waals surface area contributed by atoms with Gasteiger partial charge in [-0.15, -0.1) is 0 Å². The number of ether oxygens (including phenoxy) is 2. The van der Waals surface area contributed by atoms with E-state index in [-0.39, 0.29) is 6.04 Å². The van der Waals surface area contributed by atoms with E-state index < -0.39 is 5.72 Å². The molecule has 1 spiro atoms. The lowest BCUT2D eigenvalue weighted by Crippen LogP contribution is -3.13. The summed E-state index contributed by atoms with van der Waals surface area (Å²) in [7, 11) is 1.71. The van der Waals surface area contributed by atoms with Gasteiger partial charge in [0.1, 0.15) is 0 Å². The summed E-state index contributed by atoms with van der Waals surface area (Å²) in [5, 5.41) is 3.05. The number of fused-ring (bicyclic) bond motifs is 4. The second-order valence-corrected chi connectivity index (χ2v) is 8.42. The Bertz CT molecular complexity index is 953. The maximum Gasteiger partial charge on any atom is 0.191 e. The van der Waals surface area contributed by atoms with Gasteiger partial charge in [0.15, 0.2) is 17.2 Å². The van der Waals surface area contributed by atoms with E-state index in [9.17, 15) is 0 Å². The Balaban J connectivity index is 1.60. The first-order chi connectivity index (χ1) is 14.1. The lowest BCUT2D eigenvalue weighted by molar-refractivity contribution is -0.906. The van der Waals surface area contributed by atoms with Crippen LogP contribution in [0.5, 0.6) is 11.5 Å². The van der Waals surface area contributed by atoms with Crippen molar-refractivity contribution >= 4 is 17.3 Å². The quantitative estimate of drug-likeness (QED) is 0.812. The van der Waals surface area contributed by atoms with Crippen LogP contribution < -0.4 is 19.8 Å². The molecule has 0 saturated carbocycles. The standard InChI is InChI=1S/C23H26ClN3O2/c1-3-26-13-11-23(12-14-26)27-20(17-8-6-10-21(28-2)22(17)29-23)15-19(25-27)16-7-4-5-9-18(16)24/h4-10,15,20,25H,3,11-14H2,1-2H3/p+1/t20-/m1/s1. The number of nitrogens with zero attached hydrogens (tertiary/aromatic N) is 1. The number of benzene rings is 2. The molecule has 2 aromatic carbocycles. The van der Waals surface area contributed by atoms with Crippen LogP contribution in [0.4, 0.5) is 0 Å². The zero-order valence-electron chi connectivity index (χ0n) is 16.9. The van der Waals surface area contributed by atoms with Crippen LogP contribution in [0.15, 0.2) is 48.5 Å². The van der Waals surface area contributed by atoms with E-state index in [1.165, 1.54) is 0 Å². The van der Waals surface area contributed by atoms with Crippen LogP contribution in [-0.2, 0) is 0 Å². The van der Waals surface area contributed by atoms with Crippen LogP contribution >= 0.6 is 11.6 Å². The highest BCUT2D eigenvalue weighted by Crippen LogP contribution is 2.51. The van der Waals surface area contributed by atoms with Crippen molar-refractivity contribution in [1.29, 1.82) is 0 Å². The van der Waals surface area contributed by atoms with Gasteiger partial charge in [0.05, 0.1) is 51.3 Å². The number of quaternary nitrogens is 1. The van der Waals surface area contributed by atoms with Crippen molar-refractivity contribution < 1.29 is 14.4 Å². The number of halogens is 1. The van der Waals surface area contributed by atoms with Crippen molar-refractivity contribution in [3.63, 3.8) is 0 Å². The number of hydrogen-bond acceptors (Lipinski definition) is 4. The van der Waals surface area contributed by atoms with E-state index in [1.54, 1.807) is 12.0 Å². The fraction of sp³-hybridized carbons (Fsp3) is 0.391. The van der Waals surface area contributed by atoms with E-state index in [1.807, 2.05) is 30.3 Å². The minimum absolute atomic E-state index is 0.0725. The van der Waals surface area contributed by atoms with Crippen LogP contribution in [0.2, 0.25) is 5.02 Å². The Morgan fingerprint density at radius 2 is 2.00 bits per heavy atom. The molecule has 0 radical (unpaired) electrons. The van der Waals surface area contributed by atoms with E-state index in [0.717, 1.165) is 65.8 Å². The molecule has 1 atom stereocenters. The summed E-state index contributed by atoms with van der Waals surface area (Å²) in [5.74, 6) is 1.67. The van der Waals surface area contributed by atoms with Crippen LogP contribution in [0.25, 0.3) is 5.70 Å². The summed E-state index contributed by atoms with van der Waals surface area (Å²) in [6.45, 7) is 5.58. The van der Waals surface area contributed by atoms with Gasteiger partial charge in [0, 0.05) is 16.1 Å². The number of likely N-dealkylation sites (tertiary alicyclic amines) is 1. The molecule has 5 nitrogen and oxygen atoms in total. The molecule has 3 aliphatic rings. The average Bonchev–Trinajstić information content (AvgIpc) is 3.21. The summed E-state index contributed by atoms with van der Waals surface area (Å²) >= 11 is 6.51. The van der Waals surface area contributed by atoms with Gasteiger partial charge < -0.3 is 19.8 Å². The SMILES string of the molecule is CC[NH+]1CCC2(CC1)Oc1c(OC)cccc1[C@H]1C=C(c3ccccc3Cl)NN12. The fourth-order valence-electron chi connectivity index (χ4n) is 4.85. The first-order valence-electron chi connectivity index (χ1n) is 10.4. The molecule has 29 heavy (non-hydrogen) atoms. The average molecular weight is 413 g/mol. The van der Waals surface area contributed by atoms with Gasteiger partial charge in [-0.3, -0.25) is 0 Å². The molecule has 3 aliphatic heterocycles. The van der Waals surface area contributed by atoms with Crippen molar-refractivity contribution in [1.82, 2.24) is 10.4 Å². The molecule has 5 rings (SSSR count). The van der Waals surface area contributed by atoms with Crippen molar-refractivity contribution in [3.8, 4) is 11.5 Å². The summed E-state index contributed by atoms with van der Waals surface area (Å²) in [4.78, 5) is 1.63. The van der Waals surface area contributed by atoms with Crippen molar-refractivity contribution in [3.05, 3.63) is 64.7 Å². The number of para-hydroxylation sites is 1. The molecule has 0 unspecified atom stereocenters. The highest BCUT2D eigenvalue weighted by Gasteiger charge is 2.53. The minimum Gasteiger partial charge on any atom is -0.493 e. The van der Waals surface area contributed by atoms with Gasteiger partial charge >= 0.3 is 0 Å². The van der Waals surface area contributed by atoms with E-state index >= 15 is 0 Å². The first kappa shape index (κ1) is 18.8. The predicted molar refractivity (Wildman–Crippen MR) is 114 cm³/mol. The van der Waals surface area contributed by atoms with Gasteiger partial charge in [0.2, 0.25) is 0 Å². The largest absolute Gasteiger partial charge is 0.493 e. The molecule has 1 fully saturated rings. The Labute approximate surface area is 176 Å². The maximum absolute atomic E-state index is 6.76. The first-order valence-corrected chi connectivity index (χ1v) is 10.7. The molecule has 0 aliphatic carbocycles. The van der Waals surface area contributed by atoms with Crippen LogP contribution in [0.3, 0.4) is 0 Å². The minimum atomic E-state index is -0.398. The molecular weight excluding hydrogens is 386 g/mol. The molecule has 2 N–H and O–H groups in total. The highest BCUT2D eigenvalue weighted by atomic mass is 35.5. The number of hydrogen-bond donors (Lipinski definition) is 2. The van der Waals surface area contributed by atoms with Gasteiger partial charge in [-0.05, 0) is 25.1 Å². The number of piperidine rings is 1. The molecule has 6 heteroatoms. The Hall–Kier alpha value is -2.21. The second kappa shape index (κ2) is 7.24. The molecule has 1 saturated heterocycles. The van der Waals surface area contributed by atoms with Gasteiger partial charge in [0.25, 0.3) is 0 Å². The third-order valence-electron chi connectivity index (χ3n) is 6.53. The van der Waals surface area contributed by atoms with E-state index in [2.05, 4.69) is 35.6 Å². The normalized spacial score (nSPS) is 28.2. The Morgan fingerprint density at radius 3 is 2.72 bits per heavy atom. The zero-order chi connectivity index (χ0) is 20.0. The molecular formula is C23H27ClN3O2+. The van der Waals surface area contributed by atoms with Crippen molar-refractivity contribution in [2.45, 2.75) is 31.5 Å². The third kappa shape index (κ3) is 3.00. The molecule has 3 heterocycles. The van der Waals surface area contributed by atoms with Crippen molar-refractivity contribution in [2.75, 3.05) is 26.7 Å². The van der Waals surface area contributed by atoms with Crippen LogP contribution in [0.1, 0.15) is 36.9 Å². The molecule has 0 aromatic heterocycles. The molecule has 2 aromatic rings. The molecule has 152 valence electrons. The number of hydrazine groups is 1. The number of nitrogens with one attached hydrogen (secondary N) is 2. The Morgan fingerprint density at radius 1 is 1.21 bits per heavy atom. The highest BCUT2D eigenvalue weighted by molar-refractivity contribution is 6.32. The monoisotopic (exact) mass is 412 g/mol. The van der Waals surface area contributed by atoms with Crippen LogP contribution in [0, 0.1) is 0 Å². The van der Waals surface area contributed by atoms with Crippen LogP contribution in [-0.4, -0.2) is 37.5 Å². The maximum atomic E-state index is 6.76. The van der Waals surface area contributed by atoms with Gasteiger partial charge in [-0.25, -0.2) is 0 Å². The summed E-state index contributed by atoms with van der Waals surface area (Å²) in [5.41, 5.74) is 6.42. The summed E-state index contributed by atoms with van der Waals surface area (Å²) < 4.78 is 12.4. The fourth-order valence-corrected chi connectivity index (χ4v) is 5.09. The van der Waals surface area contributed by atoms with Gasteiger partial charge in [-0.1, -0.05) is 41.9 Å². The second-order valence-electron chi connectivity index (χ2n) is 8.02. The lowest BCUT2D eigenvalue weighted by Gasteiger charge is -2.50. The summed E-state index contributed by atoms with van der Waals surface area (Å²) in [6, 6.07) is 14.2. The number of rotatable bonds is 3. The topological polar surface area (TPSA) is 38.2 Å². The lowest BCUT2D eigenvalue weighted by atomic mass is 9.92. The summed E-state index contributed by atoms with van der Waals surface area (Å²) in [6.07, 6.45) is 4.18. The zero-order valence-corrected chi connectivity index (χ0v) is 17.6. The smallest absolute Gasteiger partial charge is 0.191 e. The molecule has 0 bridgehead atoms. The Kier molecular flexibility index (Phi) is 4.69. The predicted octanol–water partition coefficient (Wildman–Crippen LogP) is 3.04. The third-order valence-corrected chi connectivity index (χ3v) is 6.85. The van der Waals surface area contributed by atoms with E-state index in [4.69, 9.17) is 21.1 Å². The molecule has 0 amide bonds. The van der Waals surface area contributed by atoms with Crippen molar-refractivity contribution in [2.24, 2.45) is 0 Å². The number of methoxy groups -OCH3 is 1.